The molecular weight excluding hydrogens is 311 g/mol. The fourth-order valence-corrected chi connectivity index (χ4v) is 3.14. The van der Waals surface area contributed by atoms with Gasteiger partial charge in [-0.1, -0.05) is 12.1 Å². The summed E-state index contributed by atoms with van der Waals surface area (Å²) in [4.78, 5) is 25.5. The van der Waals surface area contributed by atoms with Gasteiger partial charge in [-0.3, -0.25) is 9.59 Å². The number of Topliss-reactive ketones (excluding diaryl/α,β-unsaturated/α-hetero) is 1. The van der Waals surface area contributed by atoms with Gasteiger partial charge in [-0.05, 0) is 12.1 Å². The van der Waals surface area contributed by atoms with E-state index < -0.39 is 30.5 Å². The van der Waals surface area contributed by atoms with Crippen LogP contribution >= 0.6 is 0 Å². The normalized spacial score (nSPS) is 23.8. The second-order valence-corrected chi connectivity index (χ2v) is 6.06. The van der Waals surface area contributed by atoms with E-state index in [1.165, 1.54) is 4.90 Å². The zero-order valence-corrected chi connectivity index (χ0v) is 12.4. The molecule has 124 valence electrons. The largest absolute Gasteiger partial charge is 0.484 e. The number of fused-ring (bicyclic) bond motifs is 1. The smallest absolute Gasteiger partial charge is 0.389 e. The number of rotatable bonds is 2. The maximum atomic E-state index is 12.2. The van der Waals surface area contributed by atoms with Crippen LogP contribution in [-0.2, 0) is 4.79 Å². The molecule has 1 aromatic carbocycles. The van der Waals surface area contributed by atoms with Crippen LogP contribution < -0.4 is 4.74 Å². The third-order valence-electron chi connectivity index (χ3n) is 4.29. The number of ether oxygens (including phenoxy) is 1. The molecule has 1 amide bonds. The van der Waals surface area contributed by atoms with Crippen LogP contribution in [0.5, 0.6) is 5.75 Å². The van der Waals surface area contributed by atoms with E-state index in [9.17, 15) is 22.8 Å². The third-order valence-corrected chi connectivity index (χ3v) is 4.29. The zero-order valence-electron chi connectivity index (χ0n) is 12.4. The molecule has 0 aliphatic carbocycles. The lowest BCUT2D eigenvalue weighted by Gasteiger charge is -2.34. The van der Waals surface area contributed by atoms with Crippen LogP contribution in [-0.4, -0.2) is 41.5 Å². The first kappa shape index (κ1) is 15.8. The summed E-state index contributed by atoms with van der Waals surface area (Å²) in [7, 11) is 0. The number of halogens is 3. The van der Waals surface area contributed by atoms with Gasteiger partial charge in [-0.25, -0.2) is 0 Å². The van der Waals surface area contributed by atoms with E-state index >= 15 is 0 Å². The maximum absolute atomic E-state index is 12.2. The summed E-state index contributed by atoms with van der Waals surface area (Å²) in [5.74, 6) is -0.126. The second kappa shape index (κ2) is 5.54. The Morgan fingerprint density at radius 3 is 2.78 bits per heavy atom. The molecule has 7 heteroatoms. The van der Waals surface area contributed by atoms with Crippen molar-refractivity contribution in [2.45, 2.75) is 37.5 Å². The highest BCUT2D eigenvalue weighted by atomic mass is 19.4. The van der Waals surface area contributed by atoms with Crippen molar-refractivity contribution in [1.82, 2.24) is 4.90 Å². The molecule has 1 fully saturated rings. The predicted octanol–water partition coefficient (Wildman–Crippen LogP) is 2.97. The fraction of sp³-hybridized carbons (Fsp3) is 0.500. The summed E-state index contributed by atoms with van der Waals surface area (Å²) in [5, 5.41) is 0. The molecule has 1 aromatic rings. The SMILES string of the molecule is O=C1CC2(CCN(C(=O)CCC(F)(F)F)C2)Oc2ccccc21. The van der Waals surface area contributed by atoms with Gasteiger partial charge in [0.15, 0.2) is 5.78 Å². The topological polar surface area (TPSA) is 46.6 Å². The Hall–Kier alpha value is -2.05. The van der Waals surface area contributed by atoms with Crippen LogP contribution in [0.2, 0.25) is 0 Å². The van der Waals surface area contributed by atoms with Gasteiger partial charge in [-0.15, -0.1) is 0 Å². The lowest BCUT2D eigenvalue weighted by Crippen LogP contribution is -2.45. The van der Waals surface area contributed by atoms with Gasteiger partial charge in [0, 0.05) is 19.4 Å². The van der Waals surface area contributed by atoms with Crippen LogP contribution in [0.4, 0.5) is 13.2 Å². The van der Waals surface area contributed by atoms with Gasteiger partial charge in [0.2, 0.25) is 5.91 Å². The number of amides is 1. The van der Waals surface area contributed by atoms with E-state index in [1.54, 1.807) is 24.3 Å². The Morgan fingerprint density at radius 1 is 1.30 bits per heavy atom. The number of benzene rings is 1. The van der Waals surface area contributed by atoms with Crippen LogP contribution in [0.15, 0.2) is 24.3 Å². The van der Waals surface area contributed by atoms with Crippen LogP contribution in [0.1, 0.15) is 36.0 Å². The zero-order chi connectivity index (χ0) is 16.7. The Morgan fingerprint density at radius 2 is 2.04 bits per heavy atom. The predicted molar refractivity (Wildman–Crippen MR) is 75.2 cm³/mol. The number of carbonyl (C=O) groups excluding carboxylic acids is 2. The van der Waals surface area contributed by atoms with Crippen molar-refractivity contribution < 1.29 is 27.5 Å². The van der Waals surface area contributed by atoms with Crippen LogP contribution in [0.3, 0.4) is 0 Å². The summed E-state index contributed by atoms with van der Waals surface area (Å²) in [5.41, 5.74) is -0.292. The molecule has 1 unspecified atom stereocenters. The number of nitrogens with zero attached hydrogens (tertiary/aromatic N) is 1. The van der Waals surface area contributed by atoms with Gasteiger partial charge < -0.3 is 9.64 Å². The molecule has 1 saturated heterocycles. The number of alkyl halides is 3. The standard InChI is InChI=1S/C16H16F3NO3/c17-16(18,19)6-5-14(22)20-8-7-15(10-20)9-12(21)11-3-1-2-4-13(11)23-15/h1-4H,5-10H2. The van der Waals surface area contributed by atoms with Crippen molar-refractivity contribution in [2.24, 2.45) is 0 Å². The minimum Gasteiger partial charge on any atom is -0.484 e. The maximum Gasteiger partial charge on any atom is 0.389 e. The highest BCUT2D eigenvalue weighted by molar-refractivity contribution is 6.00. The van der Waals surface area contributed by atoms with E-state index in [-0.39, 0.29) is 18.7 Å². The first-order chi connectivity index (χ1) is 10.8. The molecule has 3 rings (SSSR count). The molecule has 0 aromatic heterocycles. The first-order valence-corrected chi connectivity index (χ1v) is 7.44. The monoisotopic (exact) mass is 327 g/mol. The Balaban J connectivity index is 1.68. The number of para-hydroxylation sites is 1. The molecule has 0 N–H and O–H groups in total. The van der Waals surface area contributed by atoms with Crippen LogP contribution in [0.25, 0.3) is 0 Å². The molecule has 23 heavy (non-hydrogen) atoms. The number of carbonyl (C=O) groups is 2. The number of likely N-dealkylation sites (tertiary alicyclic amines) is 1. The Labute approximate surface area is 131 Å². The molecule has 0 radical (unpaired) electrons. The van der Waals surface area contributed by atoms with E-state index in [1.807, 2.05) is 0 Å². The van der Waals surface area contributed by atoms with Crippen molar-refractivity contribution >= 4 is 11.7 Å². The van der Waals surface area contributed by atoms with Gasteiger partial charge >= 0.3 is 6.18 Å². The fourth-order valence-electron chi connectivity index (χ4n) is 3.14. The number of hydrogen-bond acceptors (Lipinski definition) is 3. The van der Waals surface area contributed by atoms with Gasteiger partial charge in [0.05, 0.1) is 24.9 Å². The van der Waals surface area contributed by atoms with Gasteiger partial charge in [-0.2, -0.15) is 13.2 Å². The Bertz CT molecular complexity index is 644. The highest BCUT2D eigenvalue weighted by Gasteiger charge is 2.47. The summed E-state index contributed by atoms with van der Waals surface area (Å²) in [6, 6.07) is 6.89. The first-order valence-electron chi connectivity index (χ1n) is 7.44. The minimum atomic E-state index is -4.34. The lowest BCUT2D eigenvalue weighted by atomic mass is 9.89. The van der Waals surface area contributed by atoms with Crippen molar-refractivity contribution in [1.29, 1.82) is 0 Å². The molecule has 2 aliphatic heterocycles. The summed E-state index contributed by atoms with van der Waals surface area (Å²) < 4.78 is 42.6. The van der Waals surface area contributed by atoms with Gasteiger partial charge in [0.1, 0.15) is 11.4 Å². The Kier molecular flexibility index (Phi) is 3.82. The average Bonchev–Trinajstić information content (AvgIpc) is 2.87. The second-order valence-electron chi connectivity index (χ2n) is 6.06. The highest BCUT2D eigenvalue weighted by Crippen LogP contribution is 2.38. The van der Waals surface area contributed by atoms with Crippen LogP contribution in [0, 0.1) is 0 Å². The van der Waals surface area contributed by atoms with E-state index in [0.29, 0.717) is 24.3 Å². The molecular formula is C16H16F3NO3. The number of ketones is 1. The molecule has 4 nitrogen and oxygen atoms in total. The third kappa shape index (κ3) is 3.33. The molecule has 2 heterocycles. The summed E-state index contributed by atoms with van der Waals surface area (Å²) >= 11 is 0. The molecule has 0 bridgehead atoms. The van der Waals surface area contributed by atoms with E-state index in [0.717, 1.165) is 0 Å². The summed E-state index contributed by atoms with van der Waals surface area (Å²) in [6.07, 6.45) is -5.44. The average molecular weight is 327 g/mol. The van der Waals surface area contributed by atoms with Gasteiger partial charge in [0.25, 0.3) is 0 Å². The van der Waals surface area contributed by atoms with Crippen molar-refractivity contribution in [3.63, 3.8) is 0 Å². The van der Waals surface area contributed by atoms with E-state index in [4.69, 9.17) is 4.74 Å². The quantitative estimate of drug-likeness (QED) is 0.839. The minimum absolute atomic E-state index is 0.0589. The molecule has 1 atom stereocenters. The lowest BCUT2D eigenvalue weighted by molar-refractivity contribution is -0.148. The van der Waals surface area contributed by atoms with Crippen molar-refractivity contribution in [2.75, 3.05) is 13.1 Å². The van der Waals surface area contributed by atoms with E-state index in [2.05, 4.69) is 0 Å². The summed E-state index contributed by atoms with van der Waals surface area (Å²) in [6.45, 7) is 0.468. The molecule has 0 saturated carbocycles. The molecule has 1 spiro atoms. The van der Waals surface area contributed by atoms with Crippen molar-refractivity contribution in [3.8, 4) is 5.75 Å². The molecule has 2 aliphatic rings. The van der Waals surface area contributed by atoms with Crippen molar-refractivity contribution in [3.05, 3.63) is 29.8 Å². The number of hydrogen-bond donors (Lipinski definition) is 0.